The van der Waals surface area contributed by atoms with E-state index in [0.717, 1.165) is 6.42 Å². The third-order valence-corrected chi connectivity index (χ3v) is 4.17. The average molecular weight is 279 g/mol. The molecular weight excluding hydrogens is 262 g/mol. The van der Waals surface area contributed by atoms with Gasteiger partial charge in [-0.1, -0.05) is 6.92 Å². The van der Waals surface area contributed by atoms with Crippen LogP contribution in [0.1, 0.15) is 33.0 Å². The molecule has 0 aromatic carbocycles. The Hall–Kier alpha value is -1.82. The molecule has 0 aliphatic heterocycles. The number of aromatic nitrogens is 2. The second-order valence-corrected chi connectivity index (χ2v) is 5.45. The molecule has 0 spiro atoms. The number of nitrogen functional groups attached to an aromatic ring is 1. The summed E-state index contributed by atoms with van der Waals surface area (Å²) < 4.78 is 6.50. The highest BCUT2D eigenvalue weighted by Gasteiger charge is 2.19. The van der Waals surface area contributed by atoms with E-state index in [2.05, 4.69) is 28.8 Å². The van der Waals surface area contributed by atoms with Gasteiger partial charge in [-0.05, 0) is 25.5 Å². The van der Waals surface area contributed by atoms with Crippen LogP contribution in [0.25, 0.3) is 0 Å². The summed E-state index contributed by atoms with van der Waals surface area (Å²) in [7, 11) is 1.32. The van der Waals surface area contributed by atoms with Gasteiger partial charge >= 0.3 is 5.97 Å². The lowest BCUT2D eigenvalue weighted by atomic mass is 10.3. The number of thiophene rings is 1. The maximum Gasteiger partial charge on any atom is 0.360 e. The number of esters is 1. The van der Waals surface area contributed by atoms with Gasteiger partial charge in [0, 0.05) is 9.75 Å². The van der Waals surface area contributed by atoms with Gasteiger partial charge in [-0.25, -0.2) is 9.78 Å². The predicted molar refractivity (Wildman–Crippen MR) is 75.5 cm³/mol. The summed E-state index contributed by atoms with van der Waals surface area (Å²) in [6, 6.07) is 4.20. The molecule has 0 saturated heterocycles. The molecule has 0 radical (unpaired) electrons. The van der Waals surface area contributed by atoms with Gasteiger partial charge in [0.15, 0.2) is 5.69 Å². The molecule has 0 saturated carbocycles. The molecule has 2 N–H and O–H groups in total. The molecule has 102 valence electrons. The molecule has 19 heavy (non-hydrogen) atoms. The normalized spacial score (nSPS) is 10.7. The minimum absolute atomic E-state index is 0.187. The second kappa shape index (κ2) is 5.44. The van der Waals surface area contributed by atoms with Crippen LogP contribution in [0.15, 0.2) is 12.1 Å². The summed E-state index contributed by atoms with van der Waals surface area (Å²) >= 11 is 1.75. The molecule has 6 heteroatoms. The summed E-state index contributed by atoms with van der Waals surface area (Å²) in [5, 5.41) is 0. The van der Waals surface area contributed by atoms with Crippen LogP contribution in [-0.2, 0) is 17.7 Å². The van der Waals surface area contributed by atoms with Crippen LogP contribution in [-0.4, -0.2) is 22.6 Å². The number of rotatable bonds is 4. The zero-order chi connectivity index (χ0) is 14.0. The summed E-state index contributed by atoms with van der Waals surface area (Å²) in [6.45, 7) is 4.59. The standard InChI is InChI=1S/C13H17N3O2S/c1-4-9-5-6-10(19-9)7-16-8(2)15-11(12(16)14)13(17)18-3/h5-6H,4,7,14H2,1-3H3. The molecule has 0 bridgehead atoms. The van der Waals surface area contributed by atoms with Gasteiger partial charge in [0.25, 0.3) is 0 Å². The highest BCUT2D eigenvalue weighted by Crippen LogP contribution is 2.22. The minimum Gasteiger partial charge on any atom is -0.464 e. The number of ether oxygens (including phenoxy) is 1. The van der Waals surface area contributed by atoms with Crippen molar-refractivity contribution in [2.24, 2.45) is 0 Å². The minimum atomic E-state index is -0.500. The highest BCUT2D eigenvalue weighted by atomic mass is 32.1. The fourth-order valence-electron chi connectivity index (χ4n) is 1.88. The average Bonchev–Trinajstić information content (AvgIpc) is 2.97. The molecule has 0 aliphatic rings. The summed E-state index contributed by atoms with van der Waals surface area (Å²) in [5.74, 6) is 0.569. The first kappa shape index (κ1) is 13.6. The number of carbonyl (C=O) groups is 1. The first-order chi connectivity index (χ1) is 9.06. The molecule has 0 amide bonds. The molecule has 2 rings (SSSR count). The number of aryl methyl sites for hydroxylation is 2. The van der Waals surface area contributed by atoms with Crippen molar-refractivity contribution in [1.82, 2.24) is 9.55 Å². The van der Waals surface area contributed by atoms with Crippen LogP contribution in [0.4, 0.5) is 5.82 Å². The fourth-order valence-corrected chi connectivity index (χ4v) is 2.83. The number of nitrogens with zero attached hydrogens (tertiary/aromatic N) is 2. The number of methoxy groups -OCH3 is 1. The van der Waals surface area contributed by atoms with Crippen LogP contribution in [0.2, 0.25) is 0 Å². The van der Waals surface area contributed by atoms with Gasteiger partial charge in [0.2, 0.25) is 0 Å². The van der Waals surface area contributed by atoms with E-state index >= 15 is 0 Å². The van der Waals surface area contributed by atoms with E-state index in [4.69, 9.17) is 5.73 Å². The molecule has 2 aromatic rings. The Morgan fingerprint density at radius 3 is 2.74 bits per heavy atom. The lowest BCUT2D eigenvalue weighted by Gasteiger charge is -2.05. The molecule has 2 aromatic heterocycles. The van der Waals surface area contributed by atoms with E-state index in [1.165, 1.54) is 16.9 Å². The van der Waals surface area contributed by atoms with Crippen molar-refractivity contribution in [3.05, 3.63) is 33.4 Å². The van der Waals surface area contributed by atoms with Gasteiger partial charge in [-0.15, -0.1) is 11.3 Å². The highest BCUT2D eigenvalue weighted by molar-refractivity contribution is 7.11. The van der Waals surface area contributed by atoms with E-state index in [9.17, 15) is 4.79 Å². The Morgan fingerprint density at radius 1 is 1.47 bits per heavy atom. The van der Waals surface area contributed by atoms with Crippen LogP contribution in [0.5, 0.6) is 0 Å². The summed E-state index contributed by atoms with van der Waals surface area (Å²) in [4.78, 5) is 18.2. The van der Waals surface area contributed by atoms with Crippen molar-refractivity contribution in [2.75, 3.05) is 12.8 Å². The molecule has 5 nitrogen and oxygen atoms in total. The molecule has 0 atom stereocenters. The SMILES string of the molecule is CCc1ccc(Cn2c(C)nc(C(=O)OC)c2N)s1. The van der Waals surface area contributed by atoms with Crippen molar-refractivity contribution < 1.29 is 9.53 Å². The monoisotopic (exact) mass is 279 g/mol. The maximum atomic E-state index is 11.5. The lowest BCUT2D eigenvalue weighted by molar-refractivity contribution is 0.0595. The van der Waals surface area contributed by atoms with Gasteiger partial charge in [-0.3, -0.25) is 0 Å². The van der Waals surface area contributed by atoms with Crippen molar-refractivity contribution in [1.29, 1.82) is 0 Å². The van der Waals surface area contributed by atoms with E-state index in [-0.39, 0.29) is 5.69 Å². The van der Waals surface area contributed by atoms with Crippen LogP contribution in [0.3, 0.4) is 0 Å². The number of nitrogens with two attached hydrogens (primary N) is 1. The summed E-state index contributed by atoms with van der Waals surface area (Å²) in [5.41, 5.74) is 6.16. The lowest BCUT2D eigenvalue weighted by Crippen LogP contribution is -2.09. The van der Waals surface area contributed by atoms with Gasteiger partial charge in [0.05, 0.1) is 13.7 Å². The van der Waals surface area contributed by atoms with Crippen molar-refractivity contribution >= 4 is 23.1 Å². The van der Waals surface area contributed by atoms with Crippen LogP contribution < -0.4 is 5.73 Å². The Bertz CT molecular complexity index is 601. The first-order valence-electron chi connectivity index (χ1n) is 6.05. The van der Waals surface area contributed by atoms with E-state index in [1.807, 2.05) is 11.5 Å². The van der Waals surface area contributed by atoms with E-state index < -0.39 is 5.97 Å². The molecule has 0 unspecified atom stereocenters. The van der Waals surface area contributed by atoms with Crippen molar-refractivity contribution in [3.8, 4) is 0 Å². The Morgan fingerprint density at radius 2 is 2.16 bits per heavy atom. The Kier molecular flexibility index (Phi) is 3.90. The van der Waals surface area contributed by atoms with Gasteiger partial charge in [0.1, 0.15) is 11.6 Å². The first-order valence-corrected chi connectivity index (χ1v) is 6.87. The predicted octanol–water partition coefficient (Wildman–Crippen LogP) is 2.23. The number of hydrogen-bond acceptors (Lipinski definition) is 5. The third kappa shape index (κ3) is 2.63. The smallest absolute Gasteiger partial charge is 0.360 e. The summed E-state index contributed by atoms with van der Waals surface area (Å²) in [6.07, 6.45) is 1.02. The Labute approximate surface area is 116 Å². The Balaban J connectivity index is 2.30. The van der Waals surface area contributed by atoms with Crippen molar-refractivity contribution in [2.45, 2.75) is 26.8 Å². The second-order valence-electron chi connectivity index (χ2n) is 4.19. The number of carbonyl (C=O) groups excluding carboxylic acids is 1. The zero-order valence-corrected chi connectivity index (χ0v) is 12.1. The quantitative estimate of drug-likeness (QED) is 0.871. The van der Waals surface area contributed by atoms with Crippen LogP contribution >= 0.6 is 11.3 Å². The maximum absolute atomic E-state index is 11.5. The van der Waals surface area contributed by atoms with Crippen LogP contribution in [0, 0.1) is 6.92 Å². The molecule has 0 aliphatic carbocycles. The van der Waals surface area contributed by atoms with Gasteiger partial charge in [-0.2, -0.15) is 0 Å². The topological polar surface area (TPSA) is 70.1 Å². The van der Waals surface area contributed by atoms with Gasteiger partial charge < -0.3 is 15.0 Å². The van der Waals surface area contributed by atoms with E-state index in [0.29, 0.717) is 18.2 Å². The number of hydrogen-bond donors (Lipinski definition) is 1. The van der Waals surface area contributed by atoms with Crippen molar-refractivity contribution in [3.63, 3.8) is 0 Å². The zero-order valence-electron chi connectivity index (χ0n) is 11.3. The molecule has 0 fully saturated rings. The number of imidazole rings is 1. The third-order valence-electron chi connectivity index (χ3n) is 2.96. The fraction of sp³-hybridized carbons (Fsp3) is 0.385. The molecule has 2 heterocycles. The number of anilines is 1. The largest absolute Gasteiger partial charge is 0.464 e. The molecular formula is C13H17N3O2S. The van der Waals surface area contributed by atoms with E-state index in [1.54, 1.807) is 11.3 Å².